The molecule has 0 saturated carbocycles. The summed E-state index contributed by atoms with van der Waals surface area (Å²) in [5, 5.41) is 1.35. The summed E-state index contributed by atoms with van der Waals surface area (Å²) < 4.78 is 7.97. The number of hydrogen-bond acceptors (Lipinski definition) is 4. The monoisotopic (exact) mass is 404 g/mol. The zero-order valence-electron chi connectivity index (χ0n) is 15.5. The molecule has 2 aromatic heterocycles. The molecule has 27 heavy (non-hydrogen) atoms. The molecule has 5 nitrogen and oxygen atoms in total. The molecule has 1 aliphatic rings. The van der Waals surface area contributed by atoms with E-state index < -0.39 is 0 Å². The number of piperazine rings is 1. The van der Waals surface area contributed by atoms with E-state index in [2.05, 4.69) is 21.7 Å². The number of pyridine rings is 1. The van der Waals surface area contributed by atoms with Gasteiger partial charge in [0.1, 0.15) is 5.65 Å². The van der Waals surface area contributed by atoms with Crippen LogP contribution < -0.4 is 14.5 Å². The summed E-state index contributed by atoms with van der Waals surface area (Å²) in [5.74, 6) is 0.901. The van der Waals surface area contributed by atoms with Crippen molar-refractivity contribution in [3.63, 3.8) is 0 Å². The number of benzene rings is 1. The van der Waals surface area contributed by atoms with Crippen LogP contribution in [0.25, 0.3) is 5.65 Å². The largest absolute Gasteiger partial charge is 0.490 e. The van der Waals surface area contributed by atoms with Gasteiger partial charge in [-0.1, -0.05) is 23.2 Å². The number of nitrogens with zero attached hydrogens (tertiary/aromatic N) is 4. The average Bonchev–Trinajstić information content (AvgIpc) is 3.12. The Morgan fingerprint density at radius 3 is 2.56 bits per heavy atom. The minimum atomic E-state index is 0.632. The van der Waals surface area contributed by atoms with E-state index in [4.69, 9.17) is 27.9 Å². The Balaban J connectivity index is 1.60. The van der Waals surface area contributed by atoms with Gasteiger partial charge in [0.2, 0.25) is 0 Å². The highest BCUT2D eigenvalue weighted by Gasteiger charge is 2.24. The molecule has 0 amide bonds. The smallest absolute Gasteiger partial charge is 0.159 e. The van der Waals surface area contributed by atoms with Gasteiger partial charge in [-0.15, -0.1) is 0 Å². The predicted octanol–water partition coefficient (Wildman–Crippen LogP) is 4.67. The lowest BCUT2D eigenvalue weighted by molar-refractivity contribution is 0.338. The van der Waals surface area contributed by atoms with E-state index in [1.165, 1.54) is 0 Å². The molecule has 0 spiro atoms. The highest BCUT2D eigenvalue weighted by atomic mass is 35.5. The normalized spacial score (nSPS) is 14.8. The Bertz CT molecular complexity index is 964. The van der Waals surface area contributed by atoms with E-state index in [-0.39, 0.29) is 0 Å². The van der Waals surface area contributed by atoms with E-state index in [9.17, 15) is 0 Å². The number of halogens is 2. The first-order valence-electron chi connectivity index (χ1n) is 9.12. The maximum absolute atomic E-state index is 6.39. The number of aromatic nitrogens is 2. The highest BCUT2D eigenvalue weighted by Crippen LogP contribution is 2.36. The number of hydrogen-bond donors (Lipinski definition) is 0. The van der Waals surface area contributed by atoms with E-state index >= 15 is 0 Å². The van der Waals surface area contributed by atoms with Crippen LogP contribution in [0.2, 0.25) is 10.0 Å². The summed E-state index contributed by atoms with van der Waals surface area (Å²) in [6.45, 7) is 8.29. The maximum atomic E-state index is 6.39. The molecule has 1 aliphatic heterocycles. The summed E-state index contributed by atoms with van der Waals surface area (Å²) in [4.78, 5) is 9.19. The van der Waals surface area contributed by atoms with Crippen LogP contribution in [0.1, 0.15) is 12.5 Å². The Kier molecular flexibility index (Phi) is 5.06. The molecular formula is C20H22Cl2N4O. The van der Waals surface area contributed by atoms with Crippen LogP contribution in [-0.4, -0.2) is 42.2 Å². The molecule has 0 N–H and O–H groups in total. The first-order valence-corrected chi connectivity index (χ1v) is 9.88. The van der Waals surface area contributed by atoms with E-state index in [0.717, 1.165) is 54.5 Å². The van der Waals surface area contributed by atoms with Gasteiger partial charge in [0.15, 0.2) is 5.75 Å². The Hall–Kier alpha value is -2.11. The van der Waals surface area contributed by atoms with Crippen molar-refractivity contribution in [2.75, 3.05) is 42.6 Å². The topological polar surface area (TPSA) is 33.0 Å². The van der Waals surface area contributed by atoms with E-state index in [1.807, 2.05) is 42.0 Å². The van der Waals surface area contributed by atoms with Gasteiger partial charge >= 0.3 is 0 Å². The van der Waals surface area contributed by atoms with Crippen LogP contribution in [-0.2, 0) is 0 Å². The standard InChI is InChI=1S/C20H22Cl2N4O/c1-3-27-18-13-26-7-6-23-20(26)14(2)19(18)25-10-8-24(9-11-25)17-5-4-15(21)12-16(17)22/h4-7,12-13H,3,8-11H2,1-2H3. The Morgan fingerprint density at radius 2 is 1.85 bits per heavy atom. The fraction of sp³-hybridized carbons (Fsp3) is 0.350. The fourth-order valence-corrected chi connectivity index (χ4v) is 4.28. The first-order chi connectivity index (χ1) is 13.1. The van der Waals surface area contributed by atoms with Crippen LogP contribution in [0, 0.1) is 6.92 Å². The van der Waals surface area contributed by atoms with Crippen molar-refractivity contribution in [1.29, 1.82) is 0 Å². The van der Waals surface area contributed by atoms with Crippen molar-refractivity contribution < 1.29 is 4.74 Å². The first kappa shape index (κ1) is 18.3. The molecule has 4 rings (SSSR count). The van der Waals surface area contributed by atoms with Crippen LogP contribution in [0.5, 0.6) is 5.75 Å². The number of imidazole rings is 1. The molecule has 0 unspecified atom stereocenters. The molecule has 142 valence electrons. The van der Waals surface area contributed by atoms with Crippen molar-refractivity contribution >= 4 is 40.2 Å². The highest BCUT2D eigenvalue weighted by molar-refractivity contribution is 6.36. The van der Waals surface area contributed by atoms with Crippen molar-refractivity contribution in [2.45, 2.75) is 13.8 Å². The third-order valence-electron chi connectivity index (χ3n) is 5.00. The molecule has 0 radical (unpaired) electrons. The second-order valence-electron chi connectivity index (χ2n) is 6.63. The summed E-state index contributed by atoms with van der Waals surface area (Å²) in [7, 11) is 0. The maximum Gasteiger partial charge on any atom is 0.159 e. The van der Waals surface area contributed by atoms with Crippen molar-refractivity contribution in [2.24, 2.45) is 0 Å². The van der Waals surface area contributed by atoms with Gasteiger partial charge in [-0.05, 0) is 32.0 Å². The van der Waals surface area contributed by atoms with Gasteiger partial charge in [0.25, 0.3) is 0 Å². The second-order valence-corrected chi connectivity index (χ2v) is 7.47. The van der Waals surface area contributed by atoms with Crippen molar-refractivity contribution in [3.8, 4) is 5.75 Å². The number of aryl methyl sites for hydroxylation is 1. The molecule has 0 atom stereocenters. The lowest BCUT2D eigenvalue weighted by Gasteiger charge is -2.38. The molecule has 0 aliphatic carbocycles. The number of rotatable bonds is 4. The van der Waals surface area contributed by atoms with Gasteiger partial charge in [-0.25, -0.2) is 4.98 Å². The molecule has 7 heteroatoms. The zero-order chi connectivity index (χ0) is 19.0. The minimum absolute atomic E-state index is 0.632. The van der Waals surface area contributed by atoms with Gasteiger partial charge in [-0.3, -0.25) is 0 Å². The molecule has 3 heterocycles. The van der Waals surface area contributed by atoms with Crippen LogP contribution in [0.3, 0.4) is 0 Å². The van der Waals surface area contributed by atoms with Crippen LogP contribution in [0.15, 0.2) is 36.8 Å². The predicted molar refractivity (Wildman–Crippen MR) is 112 cm³/mol. The SMILES string of the molecule is CCOc1cn2ccnc2c(C)c1N1CCN(c2ccc(Cl)cc2Cl)CC1. The molecule has 3 aromatic rings. The molecular weight excluding hydrogens is 383 g/mol. The second kappa shape index (κ2) is 7.49. The summed E-state index contributed by atoms with van der Waals surface area (Å²) in [5.41, 5.74) is 4.28. The van der Waals surface area contributed by atoms with Crippen molar-refractivity contribution in [3.05, 3.63) is 52.4 Å². The molecule has 1 saturated heterocycles. The third-order valence-corrected chi connectivity index (χ3v) is 5.53. The minimum Gasteiger partial charge on any atom is -0.490 e. The van der Waals surface area contributed by atoms with Gasteiger partial charge < -0.3 is 18.9 Å². The lowest BCUT2D eigenvalue weighted by atomic mass is 10.1. The van der Waals surface area contributed by atoms with Gasteiger partial charge in [0, 0.05) is 49.2 Å². The fourth-order valence-electron chi connectivity index (χ4n) is 3.75. The van der Waals surface area contributed by atoms with E-state index in [0.29, 0.717) is 16.7 Å². The van der Waals surface area contributed by atoms with Crippen LogP contribution in [0.4, 0.5) is 11.4 Å². The van der Waals surface area contributed by atoms with Crippen LogP contribution >= 0.6 is 23.2 Å². The lowest BCUT2D eigenvalue weighted by Crippen LogP contribution is -2.47. The number of ether oxygens (including phenoxy) is 1. The summed E-state index contributed by atoms with van der Waals surface area (Å²) in [6.07, 6.45) is 5.80. The Labute approximate surface area is 169 Å². The average molecular weight is 405 g/mol. The number of anilines is 2. The molecule has 0 bridgehead atoms. The van der Waals surface area contributed by atoms with Crippen molar-refractivity contribution in [1.82, 2.24) is 9.38 Å². The van der Waals surface area contributed by atoms with Gasteiger partial charge in [-0.2, -0.15) is 0 Å². The third kappa shape index (κ3) is 3.42. The summed E-state index contributed by atoms with van der Waals surface area (Å²) >= 11 is 12.4. The van der Waals surface area contributed by atoms with E-state index in [1.54, 1.807) is 6.07 Å². The number of fused-ring (bicyclic) bond motifs is 1. The zero-order valence-corrected chi connectivity index (χ0v) is 17.0. The summed E-state index contributed by atoms with van der Waals surface area (Å²) in [6, 6.07) is 5.68. The van der Waals surface area contributed by atoms with Gasteiger partial charge in [0.05, 0.1) is 29.2 Å². The molecule has 1 fully saturated rings. The Morgan fingerprint density at radius 1 is 1.11 bits per heavy atom. The quantitative estimate of drug-likeness (QED) is 0.632. The molecule has 1 aromatic carbocycles.